The third kappa shape index (κ3) is 3.74. The Labute approximate surface area is 157 Å². The van der Waals surface area contributed by atoms with E-state index in [9.17, 15) is 4.79 Å². The lowest BCUT2D eigenvalue weighted by Gasteiger charge is -2.23. The van der Waals surface area contributed by atoms with E-state index in [2.05, 4.69) is 27.5 Å². The molecule has 1 saturated carbocycles. The Morgan fingerprint density at radius 3 is 2.96 bits per heavy atom. The summed E-state index contributed by atoms with van der Waals surface area (Å²) in [6.45, 7) is 0. The molecule has 6 heteroatoms. The Morgan fingerprint density at radius 2 is 2.15 bits per heavy atom. The van der Waals surface area contributed by atoms with Crippen molar-refractivity contribution in [2.24, 2.45) is 5.10 Å². The van der Waals surface area contributed by atoms with Gasteiger partial charge >= 0.3 is 5.91 Å². The number of rotatable bonds is 5. The van der Waals surface area contributed by atoms with Crippen molar-refractivity contribution in [3.8, 4) is 5.75 Å². The first-order valence-electron chi connectivity index (χ1n) is 9.32. The van der Waals surface area contributed by atoms with Crippen LogP contribution in [0.5, 0.6) is 5.75 Å². The number of furan rings is 1. The van der Waals surface area contributed by atoms with E-state index >= 15 is 0 Å². The minimum Gasteiger partial charge on any atom is -0.493 e. The number of ether oxygens (including phenoxy) is 1. The fourth-order valence-electron chi connectivity index (χ4n) is 3.64. The smallest absolute Gasteiger partial charge is 0.307 e. The van der Waals surface area contributed by atoms with Crippen molar-refractivity contribution in [2.45, 2.75) is 38.1 Å². The van der Waals surface area contributed by atoms with Gasteiger partial charge in [0.15, 0.2) is 17.1 Å². The highest BCUT2D eigenvalue weighted by atomic mass is 16.5. The predicted octanol–water partition coefficient (Wildman–Crippen LogP) is 4.51. The third-order valence-corrected chi connectivity index (χ3v) is 5.06. The van der Waals surface area contributed by atoms with Crippen molar-refractivity contribution in [1.29, 1.82) is 0 Å². The molecule has 0 spiro atoms. The maximum absolute atomic E-state index is 12.3. The van der Waals surface area contributed by atoms with Crippen LogP contribution < -0.4 is 10.2 Å². The van der Waals surface area contributed by atoms with Gasteiger partial charge in [-0.1, -0.05) is 31.4 Å². The number of para-hydroxylation sites is 1. The van der Waals surface area contributed by atoms with Gasteiger partial charge in [0.25, 0.3) is 0 Å². The molecule has 1 amide bonds. The first kappa shape index (κ1) is 17.4. The number of nitrogens with one attached hydrogen (secondary N) is 1. The third-order valence-electron chi connectivity index (χ3n) is 5.06. The van der Waals surface area contributed by atoms with Gasteiger partial charge in [-0.05, 0) is 31.0 Å². The second kappa shape index (κ2) is 7.70. The molecule has 1 fully saturated rings. The molecule has 6 nitrogen and oxygen atoms in total. The summed E-state index contributed by atoms with van der Waals surface area (Å²) in [6.07, 6.45) is 12.2. The first-order chi connectivity index (χ1) is 13.2. The van der Waals surface area contributed by atoms with Crippen LogP contribution in [0.25, 0.3) is 11.0 Å². The second-order valence-electron chi connectivity index (χ2n) is 6.87. The highest BCUT2D eigenvalue weighted by Gasteiger charge is 2.15. The van der Waals surface area contributed by atoms with Gasteiger partial charge in [0.05, 0.1) is 13.3 Å². The zero-order valence-electron chi connectivity index (χ0n) is 15.4. The summed E-state index contributed by atoms with van der Waals surface area (Å²) >= 11 is 0. The Bertz CT molecular complexity index is 964. The minimum absolute atomic E-state index is 0.200. The molecule has 0 atom stereocenters. The van der Waals surface area contributed by atoms with Crippen LogP contribution in [-0.2, 0) is 0 Å². The molecule has 1 aliphatic rings. The highest BCUT2D eigenvalue weighted by molar-refractivity contribution is 5.97. The normalized spacial score (nSPS) is 15.4. The largest absolute Gasteiger partial charge is 0.493 e. The van der Waals surface area contributed by atoms with Gasteiger partial charge in [-0.25, -0.2) is 5.43 Å². The monoisotopic (exact) mass is 365 g/mol. The van der Waals surface area contributed by atoms with Crippen LogP contribution in [0.4, 0.5) is 0 Å². The summed E-state index contributed by atoms with van der Waals surface area (Å²) in [5.41, 5.74) is 4.04. The average molecular weight is 365 g/mol. The Balaban J connectivity index is 1.41. The molecule has 1 N–H and O–H groups in total. The van der Waals surface area contributed by atoms with Crippen molar-refractivity contribution in [3.05, 3.63) is 54.0 Å². The molecule has 0 bridgehead atoms. The molecular formula is C21H23N3O3. The summed E-state index contributed by atoms with van der Waals surface area (Å²) in [7, 11) is 1.57. The maximum Gasteiger partial charge on any atom is 0.307 e. The van der Waals surface area contributed by atoms with Gasteiger partial charge in [-0.3, -0.25) is 4.79 Å². The zero-order valence-corrected chi connectivity index (χ0v) is 15.4. The van der Waals surface area contributed by atoms with Gasteiger partial charge in [-0.2, -0.15) is 5.10 Å². The number of nitrogens with zero attached hydrogens (tertiary/aromatic N) is 2. The van der Waals surface area contributed by atoms with Crippen LogP contribution in [-0.4, -0.2) is 23.8 Å². The van der Waals surface area contributed by atoms with Crippen LogP contribution in [0, 0.1) is 0 Å². The van der Waals surface area contributed by atoms with E-state index in [-0.39, 0.29) is 5.76 Å². The number of methoxy groups -OCH3 is 1. The molecule has 1 aromatic carbocycles. The van der Waals surface area contributed by atoms with E-state index in [0.717, 1.165) is 10.9 Å². The van der Waals surface area contributed by atoms with Crippen LogP contribution in [0.15, 0.2) is 52.2 Å². The lowest BCUT2D eigenvalue weighted by molar-refractivity contribution is 0.0929. The zero-order chi connectivity index (χ0) is 18.6. The summed E-state index contributed by atoms with van der Waals surface area (Å²) in [4.78, 5) is 12.3. The summed E-state index contributed by atoms with van der Waals surface area (Å²) in [5.74, 6) is 0.404. The van der Waals surface area contributed by atoms with Crippen molar-refractivity contribution < 1.29 is 13.9 Å². The molecule has 2 aromatic heterocycles. The maximum atomic E-state index is 12.3. The average Bonchev–Trinajstić information content (AvgIpc) is 3.35. The molecule has 0 radical (unpaired) electrons. The van der Waals surface area contributed by atoms with E-state index in [1.54, 1.807) is 25.5 Å². The Hall–Kier alpha value is -3.02. The lowest BCUT2D eigenvalue weighted by Crippen LogP contribution is -2.16. The number of fused-ring (bicyclic) bond motifs is 1. The molecular weight excluding hydrogens is 342 g/mol. The number of aromatic nitrogens is 1. The standard InChI is InChI=1S/C21H23N3O3/c1-26-18-9-5-6-16-12-19(27-20(16)18)21(25)23-22-13-15-10-11-24(14-15)17-7-3-2-4-8-17/h5-6,9-14,17H,2-4,7-8H2,1H3,(H,23,25)/b22-13-. The molecule has 140 valence electrons. The van der Waals surface area contributed by atoms with Crippen molar-refractivity contribution in [2.75, 3.05) is 7.11 Å². The number of hydrazone groups is 1. The number of hydrogen-bond acceptors (Lipinski definition) is 4. The highest BCUT2D eigenvalue weighted by Crippen LogP contribution is 2.29. The molecule has 1 aliphatic carbocycles. The van der Waals surface area contributed by atoms with Crippen LogP contribution in [0.2, 0.25) is 0 Å². The molecule has 0 unspecified atom stereocenters. The Morgan fingerprint density at radius 1 is 1.30 bits per heavy atom. The molecule has 0 saturated heterocycles. The van der Waals surface area contributed by atoms with E-state index in [1.165, 1.54) is 32.1 Å². The summed E-state index contributed by atoms with van der Waals surface area (Å²) in [6, 6.07) is 9.80. The number of carbonyl (C=O) groups excluding carboxylic acids is 1. The molecule has 27 heavy (non-hydrogen) atoms. The topological polar surface area (TPSA) is 68.8 Å². The number of amides is 1. The van der Waals surface area contributed by atoms with E-state index < -0.39 is 5.91 Å². The summed E-state index contributed by atoms with van der Waals surface area (Å²) in [5, 5.41) is 4.87. The van der Waals surface area contributed by atoms with Crippen molar-refractivity contribution in [1.82, 2.24) is 9.99 Å². The van der Waals surface area contributed by atoms with Crippen LogP contribution >= 0.6 is 0 Å². The quantitative estimate of drug-likeness (QED) is 0.534. The second-order valence-corrected chi connectivity index (χ2v) is 6.87. The van der Waals surface area contributed by atoms with E-state index in [1.807, 2.05) is 18.2 Å². The lowest BCUT2D eigenvalue weighted by atomic mass is 9.95. The van der Waals surface area contributed by atoms with Gasteiger partial charge < -0.3 is 13.7 Å². The van der Waals surface area contributed by atoms with E-state index in [4.69, 9.17) is 9.15 Å². The van der Waals surface area contributed by atoms with Gasteiger partial charge in [0.2, 0.25) is 0 Å². The van der Waals surface area contributed by atoms with Gasteiger partial charge in [0, 0.05) is 29.4 Å². The van der Waals surface area contributed by atoms with Crippen LogP contribution in [0.1, 0.15) is 54.3 Å². The van der Waals surface area contributed by atoms with Crippen LogP contribution in [0.3, 0.4) is 0 Å². The fraction of sp³-hybridized carbons (Fsp3) is 0.333. The Kier molecular flexibility index (Phi) is 4.96. The first-order valence-corrected chi connectivity index (χ1v) is 9.32. The van der Waals surface area contributed by atoms with Gasteiger partial charge in [-0.15, -0.1) is 0 Å². The molecule has 0 aliphatic heterocycles. The SMILES string of the molecule is COc1cccc2cc(C(=O)N/N=C\c3ccn(C4CCCCC4)c3)oc12. The van der Waals surface area contributed by atoms with E-state index in [0.29, 0.717) is 17.4 Å². The number of hydrogen-bond donors (Lipinski definition) is 1. The van der Waals surface area contributed by atoms with Crippen molar-refractivity contribution in [3.63, 3.8) is 0 Å². The minimum atomic E-state index is -0.392. The summed E-state index contributed by atoms with van der Waals surface area (Å²) < 4.78 is 13.1. The van der Waals surface area contributed by atoms with Crippen molar-refractivity contribution >= 4 is 23.1 Å². The predicted molar refractivity (Wildman–Crippen MR) is 104 cm³/mol. The molecule has 2 heterocycles. The fourth-order valence-corrected chi connectivity index (χ4v) is 3.64. The molecule has 3 aromatic rings. The van der Waals surface area contributed by atoms with Gasteiger partial charge in [0.1, 0.15) is 0 Å². The number of carbonyl (C=O) groups is 1. The molecule has 4 rings (SSSR count). The number of benzene rings is 1.